The van der Waals surface area contributed by atoms with Crippen molar-refractivity contribution in [1.82, 2.24) is 25.1 Å². The van der Waals surface area contributed by atoms with Gasteiger partial charge in [0.25, 0.3) is 5.91 Å². The fourth-order valence-electron chi connectivity index (χ4n) is 3.98. The minimum absolute atomic E-state index is 0.0695. The highest BCUT2D eigenvalue weighted by atomic mass is 35.5. The predicted molar refractivity (Wildman–Crippen MR) is 155 cm³/mol. The van der Waals surface area contributed by atoms with Crippen LogP contribution < -0.4 is 14.8 Å². The van der Waals surface area contributed by atoms with Crippen LogP contribution in [0.3, 0.4) is 0 Å². The van der Waals surface area contributed by atoms with Crippen LogP contribution in [0, 0.1) is 0 Å². The molecule has 3 N–H and O–H groups in total. The molecule has 0 saturated carbocycles. The first kappa shape index (κ1) is 30.7. The maximum atomic E-state index is 13.2. The minimum Gasteiger partial charge on any atom is -0.481 e. The van der Waals surface area contributed by atoms with Crippen molar-refractivity contribution >= 4 is 38.9 Å². The van der Waals surface area contributed by atoms with Crippen LogP contribution in [-0.4, -0.2) is 51.5 Å². The van der Waals surface area contributed by atoms with Crippen LogP contribution in [0.15, 0.2) is 24.3 Å². The molecule has 3 rings (SSSR count). The zero-order valence-corrected chi connectivity index (χ0v) is 25.8. The summed E-state index contributed by atoms with van der Waals surface area (Å²) in [7, 11) is -3.40. The van der Waals surface area contributed by atoms with Gasteiger partial charge < -0.3 is 10.1 Å². The topological polar surface area (TPSA) is 130 Å². The molecule has 0 fully saturated rings. The van der Waals surface area contributed by atoms with Gasteiger partial charge in [0.15, 0.2) is 17.6 Å². The first-order valence-corrected chi connectivity index (χ1v) is 15.2. The second kappa shape index (κ2) is 11.0. The molecule has 0 bridgehead atoms. The number of aromatic nitrogens is 4. The molecule has 0 spiro atoms. The number of unbranched alkanes of at least 4 members (excludes halogenated alkanes) is 1. The molecule has 12 heteroatoms. The molecule has 0 aliphatic heterocycles. The Hall–Kier alpha value is -2.79. The lowest BCUT2D eigenvalue weighted by atomic mass is 9.73. The molecule has 2 aromatic heterocycles. The molecule has 0 radical (unpaired) electrons. The van der Waals surface area contributed by atoms with Gasteiger partial charge >= 0.3 is 0 Å². The fourth-order valence-corrected chi connectivity index (χ4v) is 5.69. The predicted octanol–water partition coefficient (Wildman–Crippen LogP) is 5.19. The van der Waals surface area contributed by atoms with Crippen LogP contribution in [0.25, 0.3) is 5.65 Å². The molecule has 0 aliphatic rings. The van der Waals surface area contributed by atoms with Crippen molar-refractivity contribution in [3.8, 4) is 5.75 Å². The van der Waals surface area contributed by atoms with E-state index in [2.05, 4.69) is 46.1 Å². The van der Waals surface area contributed by atoms with Gasteiger partial charge in [-0.3, -0.25) is 14.6 Å². The van der Waals surface area contributed by atoms with Crippen molar-refractivity contribution in [2.75, 3.05) is 10.5 Å². The molecular weight excluding hydrogens is 540 g/mol. The monoisotopic (exact) mass is 580 g/mol. The lowest BCUT2D eigenvalue weighted by Gasteiger charge is -2.41. The van der Waals surface area contributed by atoms with E-state index in [-0.39, 0.29) is 17.1 Å². The number of hydrogen-bond donors (Lipinski definition) is 3. The lowest BCUT2D eigenvalue weighted by molar-refractivity contribution is -0.129. The van der Waals surface area contributed by atoms with Crippen molar-refractivity contribution in [3.63, 3.8) is 0 Å². The number of amides is 1. The van der Waals surface area contributed by atoms with Crippen molar-refractivity contribution in [2.45, 2.75) is 97.6 Å². The minimum atomic E-state index is -3.40. The number of halogens is 1. The number of nitrogens with zero attached hydrogens (tertiary/aromatic N) is 3. The number of aromatic amines is 1. The van der Waals surface area contributed by atoms with Crippen LogP contribution in [-0.2, 0) is 25.6 Å². The molecule has 3 aromatic rings. The van der Waals surface area contributed by atoms with Crippen LogP contribution in [0.4, 0.5) is 5.69 Å². The van der Waals surface area contributed by atoms with E-state index in [0.29, 0.717) is 34.4 Å². The molecule has 1 atom stereocenters. The van der Waals surface area contributed by atoms with Crippen molar-refractivity contribution < 1.29 is 17.9 Å². The van der Waals surface area contributed by atoms with Gasteiger partial charge in [-0.05, 0) is 51.5 Å². The third-order valence-electron chi connectivity index (χ3n) is 7.19. The standard InChI is InChI=1S/C27H41ClN6O4S/c1-10-11-16-39(36,37)33-18-12-14-19(15-13-18)38-17(2)23(35)29-27(8,9)26(6,7)24-31-30-22-20(28)21(25(3,4)5)32-34(22)24/h12-15,17,32-33H,10-11,16H2,1-9H3,(H,29,35). The van der Waals surface area contributed by atoms with E-state index < -0.39 is 27.1 Å². The summed E-state index contributed by atoms with van der Waals surface area (Å²) < 4.78 is 34.5. The molecular formula is C27H41ClN6O4S. The van der Waals surface area contributed by atoms with Gasteiger partial charge in [0.1, 0.15) is 10.8 Å². The summed E-state index contributed by atoms with van der Waals surface area (Å²) in [6, 6.07) is 6.48. The van der Waals surface area contributed by atoms with E-state index in [9.17, 15) is 13.2 Å². The summed E-state index contributed by atoms with van der Waals surface area (Å²) >= 11 is 6.61. The summed E-state index contributed by atoms with van der Waals surface area (Å²) in [6.45, 7) is 17.6. The fraction of sp³-hybridized carbons (Fsp3) is 0.593. The quantitative estimate of drug-likeness (QED) is 0.286. The molecule has 1 unspecified atom stereocenters. The number of nitrogens with one attached hydrogen (secondary N) is 3. The molecule has 10 nitrogen and oxygen atoms in total. The van der Waals surface area contributed by atoms with Gasteiger partial charge in [0.05, 0.1) is 11.4 Å². The first-order chi connectivity index (χ1) is 17.9. The number of carbonyl (C=O) groups excluding carboxylic acids is 1. The number of fused-ring (bicyclic) bond motifs is 1. The van der Waals surface area contributed by atoms with E-state index in [1.54, 1.807) is 35.7 Å². The van der Waals surface area contributed by atoms with Crippen LogP contribution >= 0.6 is 11.6 Å². The van der Waals surface area contributed by atoms with Crippen molar-refractivity contribution in [1.29, 1.82) is 0 Å². The third kappa shape index (κ3) is 6.69. The number of ether oxygens (including phenoxy) is 1. The molecule has 1 amide bonds. The second-order valence-corrected chi connectivity index (χ2v) is 14.3. The highest BCUT2D eigenvalue weighted by Crippen LogP contribution is 2.37. The summed E-state index contributed by atoms with van der Waals surface area (Å²) in [4.78, 5) is 13.2. The van der Waals surface area contributed by atoms with Gasteiger partial charge in [-0.1, -0.05) is 59.6 Å². The third-order valence-corrected chi connectivity index (χ3v) is 8.92. The average Bonchev–Trinajstić information content (AvgIpc) is 3.39. The Bertz CT molecular complexity index is 1420. The SMILES string of the molecule is CCCCS(=O)(=O)Nc1ccc(OC(C)C(=O)NC(C)(C)C(C)(C)c2nnc3c(Cl)c(C(C)(C)C)[nH]n23)cc1. The molecule has 1 aromatic carbocycles. The van der Waals surface area contributed by atoms with Gasteiger partial charge in [-0.2, -0.15) is 0 Å². The van der Waals surface area contributed by atoms with E-state index in [0.717, 1.165) is 12.1 Å². The maximum Gasteiger partial charge on any atom is 0.261 e. The Morgan fingerprint density at radius 3 is 2.28 bits per heavy atom. The van der Waals surface area contributed by atoms with Crippen LogP contribution in [0.1, 0.15) is 86.7 Å². The van der Waals surface area contributed by atoms with E-state index in [1.165, 1.54) is 0 Å². The lowest BCUT2D eigenvalue weighted by Crippen LogP contribution is -2.58. The van der Waals surface area contributed by atoms with Gasteiger partial charge in [0, 0.05) is 22.1 Å². The Kier molecular flexibility index (Phi) is 8.67. The summed E-state index contributed by atoms with van der Waals surface area (Å²) in [6.07, 6.45) is 0.580. The van der Waals surface area contributed by atoms with Gasteiger partial charge in [0.2, 0.25) is 10.0 Å². The number of sulfonamides is 1. The molecule has 0 saturated heterocycles. The van der Waals surface area contributed by atoms with Crippen LogP contribution in [0.5, 0.6) is 5.75 Å². The number of H-pyrrole nitrogens is 1. The zero-order valence-electron chi connectivity index (χ0n) is 24.3. The summed E-state index contributed by atoms with van der Waals surface area (Å²) in [5.41, 5.74) is 0.200. The Balaban J connectivity index is 1.72. The molecule has 39 heavy (non-hydrogen) atoms. The summed E-state index contributed by atoms with van der Waals surface area (Å²) in [5.74, 6) is 0.838. The Labute approximate surface area is 236 Å². The number of anilines is 1. The highest BCUT2D eigenvalue weighted by molar-refractivity contribution is 7.92. The van der Waals surface area contributed by atoms with E-state index >= 15 is 0 Å². The zero-order chi connectivity index (χ0) is 29.4. The number of benzene rings is 1. The highest BCUT2D eigenvalue weighted by Gasteiger charge is 2.44. The Morgan fingerprint density at radius 2 is 1.72 bits per heavy atom. The molecule has 0 aliphatic carbocycles. The van der Waals surface area contributed by atoms with E-state index in [4.69, 9.17) is 16.3 Å². The van der Waals surface area contributed by atoms with Crippen molar-refractivity contribution in [2.24, 2.45) is 0 Å². The first-order valence-electron chi connectivity index (χ1n) is 13.1. The maximum absolute atomic E-state index is 13.2. The Morgan fingerprint density at radius 1 is 1.10 bits per heavy atom. The van der Waals surface area contributed by atoms with Crippen molar-refractivity contribution in [3.05, 3.63) is 40.8 Å². The van der Waals surface area contributed by atoms with Gasteiger partial charge in [-0.15, -0.1) is 10.2 Å². The largest absolute Gasteiger partial charge is 0.481 e. The number of carbonyl (C=O) groups is 1. The van der Waals surface area contributed by atoms with Crippen LogP contribution in [0.2, 0.25) is 5.02 Å². The second-order valence-electron chi connectivity index (χ2n) is 12.0. The number of rotatable bonds is 11. The normalized spacial score (nSPS) is 13.9. The smallest absolute Gasteiger partial charge is 0.261 e. The van der Waals surface area contributed by atoms with Gasteiger partial charge in [-0.25, -0.2) is 12.9 Å². The summed E-state index contributed by atoms with van der Waals surface area (Å²) in [5, 5.41) is 15.7. The number of hydrogen-bond acceptors (Lipinski definition) is 6. The molecule has 2 heterocycles. The average molecular weight is 581 g/mol. The molecule has 216 valence electrons. The van der Waals surface area contributed by atoms with E-state index in [1.807, 2.05) is 34.6 Å².